The molecule has 0 amide bonds. The first-order valence-corrected chi connectivity index (χ1v) is 7.42. The van der Waals surface area contributed by atoms with Crippen LogP contribution in [0.15, 0.2) is 33.5 Å². The highest BCUT2D eigenvalue weighted by Crippen LogP contribution is 2.27. The molecule has 8 heteroatoms. The second-order valence-corrected chi connectivity index (χ2v) is 5.72. The van der Waals surface area contributed by atoms with Gasteiger partial charge in [0.05, 0.1) is 6.61 Å². The van der Waals surface area contributed by atoms with Crippen LogP contribution in [0, 0.1) is 6.92 Å². The van der Waals surface area contributed by atoms with Gasteiger partial charge in [-0.1, -0.05) is 0 Å². The van der Waals surface area contributed by atoms with E-state index in [1.54, 1.807) is 19.1 Å². The van der Waals surface area contributed by atoms with E-state index in [-0.39, 0.29) is 5.75 Å². The topological polar surface area (TPSA) is 130 Å². The summed E-state index contributed by atoms with van der Waals surface area (Å²) >= 11 is 0. The minimum absolute atomic E-state index is 0.237. The third-order valence-electron chi connectivity index (χ3n) is 4.02. The molecule has 2 aromatic rings. The normalized spacial score (nSPS) is 30.5. The molecule has 24 heavy (non-hydrogen) atoms. The van der Waals surface area contributed by atoms with Gasteiger partial charge in [-0.25, -0.2) is 4.79 Å². The minimum atomic E-state index is -1.53. The number of hydrogen-bond donors (Lipinski definition) is 4. The zero-order valence-electron chi connectivity index (χ0n) is 12.8. The SMILES string of the molecule is Cc1cc(=O)oc2cc(O[C@@H]3O[C@@H](CO)[C@@H](O)[C@H](O)[C@H]3O)ccc12. The maximum Gasteiger partial charge on any atom is 0.336 e. The molecule has 1 saturated heterocycles. The van der Waals surface area contributed by atoms with Gasteiger partial charge in [-0.05, 0) is 24.6 Å². The van der Waals surface area contributed by atoms with E-state index in [9.17, 15) is 20.1 Å². The lowest BCUT2D eigenvalue weighted by Crippen LogP contribution is -2.60. The largest absolute Gasteiger partial charge is 0.462 e. The van der Waals surface area contributed by atoms with E-state index in [1.165, 1.54) is 12.1 Å². The Hall–Kier alpha value is -1.97. The van der Waals surface area contributed by atoms with Crippen LogP contribution in [-0.2, 0) is 4.74 Å². The number of benzene rings is 1. The Bertz CT molecular complexity index is 783. The van der Waals surface area contributed by atoms with E-state index in [1.807, 2.05) is 0 Å². The third kappa shape index (κ3) is 3.02. The van der Waals surface area contributed by atoms with Crippen LogP contribution in [-0.4, -0.2) is 57.7 Å². The van der Waals surface area contributed by atoms with Crippen LogP contribution in [0.25, 0.3) is 11.0 Å². The summed E-state index contributed by atoms with van der Waals surface area (Å²) in [6.45, 7) is 1.23. The molecule has 0 spiro atoms. The van der Waals surface area contributed by atoms with E-state index in [2.05, 4.69) is 0 Å². The first kappa shape index (κ1) is 16.9. The maximum atomic E-state index is 11.5. The Balaban J connectivity index is 1.87. The highest BCUT2D eigenvalue weighted by molar-refractivity contribution is 5.81. The highest BCUT2D eigenvalue weighted by atomic mass is 16.7. The first-order valence-electron chi connectivity index (χ1n) is 7.42. The second-order valence-electron chi connectivity index (χ2n) is 5.72. The van der Waals surface area contributed by atoms with Crippen molar-refractivity contribution in [1.29, 1.82) is 0 Å². The van der Waals surface area contributed by atoms with Crippen LogP contribution < -0.4 is 10.4 Å². The lowest BCUT2D eigenvalue weighted by Gasteiger charge is -2.39. The van der Waals surface area contributed by atoms with Crippen molar-refractivity contribution in [2.24, 2.45) is 0 Å². The molecule has 8 nitrogen and oxygen atoms in total. The van der Waals surface area contributed by atoms with Crippen molar-refractivity contribution in [3.8, 4) is 5.75 Å². The summed E-state index contributed by atoms with van der Waals surface area (Å²) in [5.74, 6) is 0.237. The molecule has 0 aliphatic carbocycles. The predicted octanol–water partition coefficient (Wildman–Crippen LogP) is -0.720. The van der Waals surface area contributed by atoms with Gasteiger partial charge in [-0.2, -0.15) is 0 Å². The van der Waals surface area contributed by atoms with Gasteiger partial charge >= 0.3 is 5.63 Å². The van der Waals surface area contributed by atoms with Gasteiger partial charge in [0.15, 0.2) is 0 Å². The Kier molecular flexibility index (Phi) is 4.57. The van der Waals surface area contributed by atoms with E-state index in [0.717, 1.165) is 10.9 Å². The number of hydrogen-bond acceptors (Lipinski definition) is 8. The Labute approximate surface area is 136 Å². The number of aliphatic hydroxyl groups excluding tert-OH is 4. The molecule has 5 atom stereocenters. The smallest absolute Gasteiger partial charge is 0.336 e. The summed E-state index contributed by atoms with van der Waals surface area (Å²) < 4.78 is 15.9. The molecule has 0 saturated carbocycles. The Morgan fingerprint density at radius 1 is 1.12 bits per heavy atom. The highest BCUT2D eigenvalue weighted by Gasteiger charge is 2.44. The van der Waals surface area contributed by atoms with Gasteiger partial charge in [-0.3, -0.25) is 0 Å². The fourth-order valence-corrected chi connectivity index (χ4v) is 2.68. The fourth-order valence-electron chi connectivity index (χ4n) is 2.68. The van der Waals surface area contributed by atoms with E-state index in [4.69, 9.17) is 19.0 Å². The molecular weight excluding hydrogens is 320 g/mol. The van der Waals surface area contributed by atoms with Crippen LogP contribution in [0.5, 0.6) is 5.75 Å². The summed E-state index contributed by atoms with van der Waals surface area (Å²) in [6, 6.07) is 6.12. The zero-order valence-corrected chi connectivity index (χ0v) is 12.8. The standard InChI is InChI=1S/C16H18O8/c1-7-4-12(18)23-10-5-8(2-3-9(7)10)22-16-15(21)14(20)13(19)11(6-17)24-16/h2-5,11,13-17,19-21H,6H2,1H3/t11-,13+,14-,15+,16+/m0/s1. The number of ether oxygens (including phenoxy) is 2. The summed E-state index contributed by atoms with van der Waals surface area (Å²) in [4.78, 5) is 11.5. The van der Waals surface area contributed by atoms with E-state index < -0.39 is 42.9 Å². The van der Waals surface area contributed by atoms with Crippen LogP contribution in [0.2, 0.25) is 0 Å². The number of fused-ring (bicyclic) bond motifs is 1. The monoisotopic (exact) mass is 338 g/mol. The molecule has 0 unspecified atom stereocenters. The van der Waals surface area contributed by atoms with Crippen molar-refractivity contribution in [2.45, 2.75) is 37.6 Å². The van der Waals surface area contributed by atoms with Crippen molar-refractivity contribution in [3.63, 3.8) is 0 Å². The first-order chi connectivity index (χ1) is 11.4. The molecule has 1 aromatic carbocycles. The number of rotatable bonds is 3. The zero-order chi connectivity index (χ0) is 17.4. The molecule has 2 heterocycles. The fraction of sp³-hybridized carbons (Fsp3) is 0.438. The van der Waals surface area contributed by atoms with Crippen LogP contribution in [0.4, 0.5) is 0 Å². The van der Waals surface area contributed by atoms with Crippen molar-refractivity contribution in [2.75, 3.05) is 6.61 Å². The van der Waals surface area contributed by atoms with Gasteiger partial charge in [0.1, 0.15) is 35.7 Å². The van der Waals surface area contributed by atoms with E-state index >= 15 is 0 Å². The molecule has 0 radical (unpaired) electrons. The van der Waals surface area contributed by atoms with Gasteiger partial charge in [0, 0.05) is 17.5 Å². The summed E-state index contributed by atoms with van der Waals surface area (Å²) in [7, 11) is 0. The molecule has 1 aliphatic heterocycles. The minimum Gasteiger partial charge on any atom is -0.462 e. The van der Waals surface area contributed by atoms with Crippen LogP contribution >= 0.6 is 0 Å². The molecule has 1 fully saturated rings. The summed E-state index contributed by atoms with van der Waals surface area (Å²) in [5, 5.41) is 39.4. The molecule has 130 valence electrons. The summed E-state index contributed by atoms with van der Waals surface area (Å²) in [5.41, 5.74) is 0.563. The molecule has 4 N–H and O–H groups in total. The van der Waals surface area contributed by atoms with E-state index in [0.29, 0.717) is 5.58 Å². The second kappa shape index (κ2) is 6.50. The Morgan fingerprint density at radius 3 is 2.58 bits per heavy atom. The van der Waals surface area contributed by atoms with Crippen molar-refractivity contribution >= 4 is 11.0 Å². The quantitative estimate of drug-likeness (QED) is 0.540. The number of aryl methyl sites for hydroxylation is 1. The van der Waals surface area contributed by atoms with Crippen molar-refractivity contribution in [1.82, 2.24) is 0 Å². The lowest BCUT2D eigenvalue weighted by atomic mass is 9.99. The average Bonchev–Trinajstić information content (AvgIpc) is 2.55. The van der Waals surface area contributed by atoms with Gasteiger partial charge in [0.25, 0.3) is 0 Å². The molecular formula is C16H18O8. The average molecular weight is 338 g/mol. The molecule has 1 aliphatic rings. The molecule has 1 aromatic heterocycles. The van der Waals surface area contributed by atoms with Gasteiger partial charge in [-0.15, -0.1) is 0 Å². The lowest BCUT2D eigenvalue weighted by molar-refractivity contribution is -0.277. The van der Waals surface area contributed by atoms with Crippen molar-refractivity contribution < 1.29 is 34.3 Å². The molecule has 3 rings (SSSR count). The van der Waals surface area contributed by atoms with Gasteiger partial charge < -0.3 is 34.3 Å². The van der Waals surface area contributed by atoms with Crippen molar-refractivity contribution in [3.05, 3.63) is 40.2 Å². The predicted molar refractivity (Wildman–Crippen MR) is 81.6 cm³/mol. The maximum absolute atomic E-state index is 11.5. The third-order valence-corrected chi connectivity index (χ3v) is 4.02. The summed E-state index contributed by atoms with van der Waals surface area (Å²) in [6.07, 6.45) is -6.85. The Morgan fingerprint density at radius 2 is 1.88 bits per heavy atom. The van der Waals surface area contributed by atoms with Gasteiger partial charge in [0.2, 0.25) is 6.29 Å². The van der Waals surface area contributed by atoms with Crippen LogP contribution in [0.3, 0.4) is 0 Å². The van der Waals surface area contributed by atoms with Crippen LogP contribution in [0.1, 0.15) is 5.56 Å². The molecule has 0 bridgehead atoms. The number of aliphatic hydroxyl groups is 4.